The first-order valence-corrected chi connectivity index (χ1v) is 10.4. The van der Waals surface area contributed by atoms with Gasteiger partial charge in [-0.25, -0.2) is 0 Å². The molecule has 2 heterocycles. The number of rotatable bonds is 5. The quantitative estimate of drug-likeness (QED) is 0.587. The summed E-state index contributed by atoms with van der Waals surface area (Å²) in [5.74, 6) is 0.0916. The lowest BCUT2D eigenvalue weighted by Crippen LogP contribution is -2.32. The van der Waals surface area contributed by atoms with E-state index in [-0.39, 0.29) is 5.91 Å². The maximum atomic E-state index is 13.1. The number of anilines is 2. The van der Waals surface area contributed by atoms with Gasteiger partial charge in [0.15, 0.2) is 0 Å². The molecule has 1 fully saturated rings. The van der Waals surface area contributed by atoms with Gasteiger partial charge in [0.25, 0.3) is 5.91 Å². The summed E-state index contributed by atoms with van der Waals surface area (Å²) in [5, 5.41) is 0. The van der Waals surface area contributed by atoms with Crippen molar-refractivity contribution >= 4 is 17.3 Å². The number of hydrogen-bond acceptors (Lipinski definition) is 3. The summed E-state index contributed by atoms with van der Waals surface area (Å²) >= 11 is 0. The van der Waals surface area contributed by atoms with Crippen LogP contribution in [0, 0.1) is 0 Å². The summed E-state index contributed by atoms with van der Waals surface area (Å²) in [6.45, 7) is 2.40. The Hall–Kier alpha value is -3.14. The van der Waals surface area contributed by atoms with Crippen molar-refractivity contribution in [3.8, 4) is 0 Å². The molecule has 4 rings (SSSR count). The molecule has 0 unspecified atom stereocenters. The molecule has 0 atom stereocenters. The number of aromatic nitrogens is 1. The van der Waals surface area contributed by atoms with Gasteiger partial charge in [-0.15, -0.1) is 0 Å². The molecule has 4 nitrogen and oxygen atoms in total. The Kier molecular flexibility index (Phi) is 6.20. The molecule has 1 saturated heterocycles. The zero-order valence-corrected chi connectivity index (χ0v) is 16.7. The van der Waals surface area contributed by atoms with Crippen LogP contribution in [-0.4, -0.2) is 28.9 Å². The maximum absolute atomic E-state index is 13.1. The van der Waals surface area contributed by atoms with Crippen molar-refractivity contribution in [1.82, 2.24) is 9.88 Å². The highest BCUT2D eigenvalue weighted by Gasteiger charge is 2.19. The van der Waals surface area contributed by atoms with Gasteiger partial charge in [0.05, 0.1) is 17.4 Å². The molecule has 3 aromatic rings. The molecule has 29 heavy (non-hydrogen) atoms. The molecule has 0 radical (unpaired) electrons. The van der Waals surface area contributed by atoms with Gasteiger partial charge in [-0.05, 0) is 36.6 Å². The third-order valence-electron chi connectivity index (χ3n) is 5.43. The van der Waals surface area contributed by atoms with E-state index in [1.54, 1.807) is 6.20 Å². The predicted molar refractivity (Wildman–Crippen MR) is 117 cm³/mol. The fourth-order valence-electron chi connectivity index (χ4n) is 3.85. The van der Waals surface area contributed by atoms with Crippen LogP contribution in [0.3, 0.4) is 0 Å². The lowest BCUT2D eigenvalue weighted by molar-refractivity contribution is 0.0761. The Balaban J connectivity index is 1.64. The molecule has 0 spiro atoms. The number of para-hydroxylation sites is 1. The molecule has 1 aliphatic rings. The second-order valence-electron chi connectivity index (χ2n) is 7.55. The average Bonchev–Trinajstić information content (AvgIpc) is 3.08. The third kappa shape index (κ3) is 4.83. The first-order chi connectivity index (χ1) is 14.3. The fourth-order valence-corrected chi connectivity index (χ4v) is 3.85. The van der Waals surface area contributed by atoms with Crippen LogP contribution in [0.4, 0.5) is 11.4 Å². The number of benzene rings is 2. The van der Waals surface area contributed by atoms with Gasteiger partial charge in [0.2, 0.25) is 0 Å². The van der Waals surface area contributed by atoms with Crippen LogP contribution < -0.4 is 4.90 Å². The fraction of sp³-hybridized carbons (Fsp3) is 0.280. The van der Waals surface area contributed by atoms with Gasteiger partial charge >= 0.3 is 0 Å². The molecular weight excluding hydrogens is 358 g/mol. The summed E-state index contributed by atoms with van der Waals surface area (Å²) in [4.78, 5) is 21.7. The van der Waals surface area contributed by atoms with Crippen LogP contribution >= 0.6 is 0 Å². The Morgan fingerprint density at radius 3 is 2.17 bits per heavy atom. The molecule has 1 amide bonds. The number of hydrogen-bond donors (Lipinski definition) is 0. The van der Waals surface area contributed by atoms with E-state index < -0.39 is 0 Å². The minimum Gasteiger partial charge on any atom is -0.339 e. The van der Waals surface area contributed by atoms with Gasteiger partial charge in [-0.3, -0.25) is 9.78 Å². The standard InChI is InChI=1S/C25H27N3O/c29-25(27-15-9-1-2-10-16-27)22-17-24(19-26-18-22)28(23-13-7-4-8-14-23)20-21-11-5-3-6-12-21/h3-8,11-14,17-19H,1-2,9-10,15-16,20H2. The number of carbonyl (C=O) groups is 1. The highest BCUT2D eigenvalue weighted by Crippen LogP contribution is 2.28. The van der Waals surface area contributed by atoms with Crippen LogP contribution in [0.25, 0.3) is 0 Å². The highest BCUT2D eigenvalue weighted by molar-refractivity contribution is 5.95. The van der Waals surface area contributed by atoms with E-state index in [1.165, 1.54) is 18.4 Å². The van der Waals surface area contributed by atoms with Gasteiger partial charge in [0.1, 0.15) is 0 Å². The first-order valence-electron chi connectivity index (χ1n) is 10.4. The molecule has 2 aromatic carbocycles. The molecule has 0 aliphatic carbocycles. The van der Waals surface area contributed by atoms with Crippen LogP contribution in [-0.2, 0) is 6.54 Å². The minimum absolute atomic E-state index is 0.0916. The van der Waals surface area contributed by atoms with Crippen molar-refractivity contribution in [2.24, 2.45) is 0 Å². The van der Waals surface area contributed by atoms with E-state index >= 15 is 0 Å². The maximum Gasteiger partial charge on any atom is 0.255 e. The van der Waals surface area contributed by atoms with Crippen molar-refractivity contribution < 1.29 is 4.79 Å². The van der Waals surface area contributed by atoms with Gasteiger partial charge in [-0.1, -0.05) is 61.4 Å². The van der Waals surface area contributed by atoms with Crippen molar-refractivity contribution in [3.63, 3.8) is 0 Å². The monoisotopic (exact) mass is 385 g/mol. The van der Waals surface area contributed by atoms with Crippen LogP contribution in [0.2, 0.25) is 0 Å². The van der Waals surface area contributed by atoms with Crippen molar-refractivity contribution in [1.29, 1.82) is 0 Å². The number of pyridine rings is 1. The second kappa shape index (κ2) is 9.37. The average molecular weight is 386 g/mol. The number of nitrogens with zero attached hydrogens (tertiary/aromatic N) is 3. The number of amides is 1. The molecule has 0 saturated carbocycles. The molecule has 1 aromatic heterocycles. The molecular formula is C25H27N3O. The van der Waals surface area contributed by atoms with E-state index in [0.29, 0.717) is 12.1 Å². The summed E-state index contributed by atoms with van der Waals surface area (Å²) in [5.41, 5.74) is 3.89. The zero-order chi connectivity index (χ0) is 19.9. The van der Waals surface area contributed by atoms with E-state index in [1.807, 2.05) is 41.4 Å². The van der Waals surface area contributed by atoms with Crippen LogP contribution in [0.1, 0.15) is 41.6 Å². The van der Waals surface area contributed by atoms with E-state index in [4.69, 9.17) is 0 Å². The minimum atomic E-state index is 0.0916. The predicted octanol–water partition coefficient (Wildman–Crippen LogP) is 5.44. The van der Waals surface area contributed by atoms with Gasteiger partial charge < -0.3 is 9.80 Å². The summed E-state index contributed by atoms with van der Waals surface area (Å²) < 4.78 is 0. The van der Waals surface area contributed by atoms with Gasteiger partial charge in [-0.2, -0.15) is 0 Å². The Bertz CT molecular complexity index is 919. The second-order valence-corrected chi connectivity index (χ2v) is 7.55. The molecule has 4 heteroatoms. The van der Waals surface area contributed by atoms with E-state index in [0.717, 1.165) is 37.3 Å². The van der Waals surface area contributed by atoms with E-state index in [2.05, 4.69) is 46.3 Å². The SMILES string of the molecule is O=C(c1cncc(N(Cc2ccccc2)c2ccccc2)c1)N1CCCCCC1. The highest BCUT2D eigenvalue weighted by atomic mass is 16.2. The summed E-state index contributed by atoms with van der Waals surface area (Å²) in [6.07, 6.45) is 8.13. The number of carbonyl (C=O) groups excluding carboxylic acids is 1. The van der Waals surface area contributed by atoms with E-state index in [9.17, 15) is 4.79 Å². The van der Waals surface area contributed by atoms with Crippen LogP contribution in [0.5, 0.6) is 0 Å². The van der Waals surface area contributed by atoms with Crippen molar-refractivity contribution in [2.45, 2.75) is 32.2 Å². The Morgan fingerprint density at radius 2 is 1.48 bits per heavy atom. The largest absolute Gasteiger partial charge is 0.339 e. The number of likely N-dealkylation sites (tertiary alicyclic amines) is 1. The smallest absolute Gasteiger partial charge is 0.255 e. The first kappa shape index (κ1) is 19.2. The lowest BCUT2D eigenvalue weighted by Gasteiger charge is -2.26. The molecule has 1 aliphatic heterocycles. The summed E-state index contributed by atoms with van der Waals surface area (Å²) in [7, 11) is 0. The zero-order valence-electron chi connectivity index (χ0n) is 16.7. The molecule has 148 valence electrons. The van der Waals surface area contributed by atoms with Gasteiger partial charge in [0, 0.05) is 31.5 Å². The lowest BCUT2D eigenvalue weighted by atomic mass is 10.1. The van der Waals surface area contributed by atoms with Crippen LogP contribution in [0.15, 0.2) is 79.1 Å². The molecule has 0 bridgehead atoms. The Morgan fingerprint density at radius 1 is 0.828 bits per heavy atom. The van der Waals surface area contributed by atoms with Crippen molar-refractivity contribution in [2.75, 3.05) is 18.0 Å². The normalized spacial score (nSPS) is 14.3. The topological polar surface area (TPSA) is 36.4 Å². The Labute approximate surface area is 172 Å². The third-order valence-corrected chi connectivity index (χ3v) is 5.43. The molecule has 0 N–H and O–H groups in total. The van der Waals surface area contributed by atoms with Crippen molar-refractivity contribution in [3.05, 3.63) is 90.3 Å². The summed E-state index contributed by atoms with van der Waals surface area (Å²) in [6, 6.07) is 22.6.